The van der Waals surface area contributed by atoms with Crippen LogP contribution in [0.5, 0.6) is 0 Å². The highest BCUT2D eigenvalue weighted by Gasteiger charge is 2.33. The molecule has 1 nitrogen and oxygen atoms in total. The number of hydrogen-bond acceptors (Lipinski definition) is 1. The van der Waals surface area contributed by atoms with Gasteiger partial charge in [-0.3, -0.25) is 0 Å². The molecule has 2 aliphatic rings. The molecule has 1 atom stereocenters. The lowest BCUT2D eigenvalue weighted by molar-refractivity contribution is -0.141. The molecule has 1 aromatic carbocycles. The van der Waals surface area contributed by atoms with Crippen LogP contribution in [0.2, 0.25) is 0 Å². The molecule has 0 heterocycles. The Morgan fingerprint density at radius 2 is 2.00 bits per heavy atom. The van der Waals surface area contributed by atoms with Crippen LogP contribution in [-0.4, -0.2) is 6.18 Å². The first kappa shape index (κ1) is 15.7. The Morgan fingerprint density at radius 3 is 2.61 bits per heavy atom. The smallest absolute Gasteiger partial charge is 0.310 e. The molecule has 23 heavy (non-hydrogen) atoms. The van der Waals surface area contributed by atoms with E-state index >= 15 is 0 Å². The summed E-state index contributed by atoms with van der Waals surface area (Å²) in [5.41, 5.74) is 7.17. The van der Waals surface area contributed by atoms with Crippen LogP contribution >= 0.6 is 0 Å². The van der Waals surface area contributed by atoms with Crippen molar-refractivity contribution in [3.05, 3.63) is 71.3 Å². The maximum absolute atomic E-state index is 12.7. The predicted octanol–water partition coefficient (Wildman–Crippen LogP) is 5.66. The Hall–Kier alpha value is -2.19. The number of hydrogen-bond donors (Lipinski definition) is 0. The lowest BCUT2D eigenvalue weighted by atomic mass is 9.93. The highest BCUT2D eigenvalue weighted by atomic mass is 19.4. The first-order valence-electron chi connectivity index (χ1n) is 7.68. The van der Waals surface area contributed by atoms with Gasteiger partial charge in [-0.15, -0.1) is 5.73 Å². The van der Waals surface area contributed by atoms with Crippen LogP contribution in [-0.2, 0) is 0 Å². The topological polar surface area (TPSA) is 3.24 Å². The van der Waals surface area contributed by atoms with Crippen molar-refractivity contribution in [1.82, 2.24) is 0 Å². The van der Waals surface area contributed by atoms with E-state index in [0.717, 1.165) is 29.1 Å². The summed E-state index contributed by atoms with van der Waals surface area (Å²) >= 11 is 0. The number of para-hydroxylation sites is 1. The average molecular weight is 317 g/mol. The van der Waals surface area contributed by atoms with Crippen LogP contribution in [0.4, 0.5) is 18.9 Å². The highest BCUT2D eigenvalue weighted by Crippen LogP contribution is 2.37. The number of allylic oxidation sites excluding steroid dienone is 4. The highest BCUT2D eigenvalue weighted by molar-refractivity contribution is 5.64. The zero-order valence-electron chi connectivity index (χ0n) is 12.9. The number of rotatable bonds is 4. The quantitative estimate of drug-likeness (QED) is 0.648. The van der Waals surface area contributed by atoms with Crippen molar-refractivity contribution in [3.8, 4) is 0 Å². The zero-order chi connectivity index (χ0) is 16.4. The van der Waals surface area contributed by atoms with Gasteiger partial charge in [0.05, 0.1) is 12.1 Å². The van der Waals surface area contributed by atoms with Crippen LogP contribution in [0, 0.1) is 12.8 Å². The SMILES string of the molecule is Cc1ccccc1N(C1=C=CC1)C1=CC=CC(CC(F)(F)F)C1. The standard InChI is InChI=1S/C19H18F3N/c1-14-6-2-3-11-18(14)23(16-8-5-9-16)17-10-4-7-15(12-17)13-19(20,21)22/h2-7,10-11,15H,8,12-13H2,1H3. The molecule has 0 saturated carbocycles. The number of nitrogens with zero attached hydrogens (tertiary/aromatic N) is 1. The molecule has 0 N–H and O–H groups in total. The van der Waals surface area contributed by atoms with Crippen molar-refractivity contribution in [2.45, 2.75) is 32.4 Å². The number of aryl methyl sites for hydroxylation is 1. The van der Waals surface area contributed by atoms with Gasteiger partial charge in [-0.05, 0) is 43.0 Å². The fourth-order valence-electron chi connectivity index (χ4n) is 2.97. The summed E-state index contributed by atoms with van der Waals surface area (Å²) in [5.74, 6) is -0.508. The lowest BCUT2D eigenvalue weighted by Gasteiger charge is -2.34. The molecule has 1 aromatic rings. The lowest BCUT2D eigenvalue weighted by Crippen LogP contribution is -2.27. The van der Waals surface area contributed by atoms with E-state index in [1.807, 2.05) is 43.3 Å². The van der Waals surface area contributed by atoms with Crippen LogP contribution < -0.4 is 4.90 Å². The zero-order valence-corrected chi connectivity index (χ0v) is 12.9. The summed E-state index contributed by atoms with van der Waals surface area (Å²) < 4.78 is 38.1. The van der Waals surface area contributed by atoms with Crippen molar-refractivity contribution in [3.63, 3.8) is 0 Å². The minimum atomic E-state index is -4.14. The number of alkyl halides is 3. The van der Waals surface area contributed by atoms with E-state index in [1.165, 1.54) is 0 Å². The summed E-state index contributed by atoms with van der Waals surface area (Å²) in [6.07, 6.45) is 3.49. The summed E-state index contributed by atoms with van der Waals surface area (Å²) in [7, 11) is 0. The van der Waals surface area contributed by atoms with E-state index in [2.05, 4.69) is 10.6 Å². The van der Waals surface area contributed by atoms with E-state index in [9.17, 15) is 13.2 Å². The summed E-state index contributed by atoms with van der Waals surface area (Å²) in [5, 5.41) is 0. The predicted molar refractivity (Wildman–Crippen MR) is 85.9 cm³/mol. The van der Waals surface area contributed by atoms with Crippen molar-refractivity contribution in [2.24, 2.45) is 5.92 Å². The Balaban J connectivity index is 1.90. The van der Waals surface area contributed by atoms with E-state index in [4.69, 9.17) is 0 Å². The van der Waals surface area contributed by atoms with Gasteiger partial charge >= 0.3 is 6.18 Å². The fourth-order valence-corrected chi connectivity index (χ4v) is 2.97. The van der Waals surface area contributed by atoms with Gasteiger partial charge in [0.25, 0.3) is 0 Å². The third-order valence-electron chi connectivity index (χ3n) is 4.11. The van der Waals surface area contributed by atoms with Crippen LogP contribution in [0.3, 0.4) is 0 Å². The minimum absolute atomic E-state index is 0.384. The Kier molecular flexibility index (Phi) is 4.18. The van der Waals surface area contributed by atoms with Gasteiger partial charge in [0, 0.05) is 17.8 Å². The molecule has 4 heteroatoms. The van der Waals surface area contributed by atoms with Gasteiger partial charge in [-0.2, -0.15) is 13.2 Å². The normalized spacial score (nSPS) is 19.9. The third-order valence-corrected chi connectivity index (χ3v) is 4.11. The van der Waals surface area contributed by atoms with Gasteiger partial charge in [-0.1, -0.05) is 30.4 Å². The number of anilines is 1. The largest absolute Gasteiger partial charge is 0.389 e. The molecule has 120 valence electrons. The first-order chi connectivity index (χ1) is 10.9. The van der Waals surface area contributed by atoms with E-state index in [-0.39, 0.29) is 0 Å². The third kappa shape index (κ3) is 3.59. The van der Waals surface area contributed by atoms with Gasteiger partial charge < -0.3 is 4.90 Å². The molecule has 0 bridgehead atoms. The Morgan fingerprint density at radius 1 is 1.26 bits per heavy atom. The van der Waals surface area contributed by atoms with Crippen LogP contribution in [0.1, 0.15) is 24.8 Å². The molecule has 0 fully saturated rings. The second-order valence-electron chi connectivity index (χ2n) is 5.95. The monoisotopic (exact) mass is 317 g/mol. The second kappa shape index (κ2) is 6.13. The van der Waals surface area contributed by atoms with Crippen molar-refractivity contribution >= 4 is 5.69 Å². The van der Waals surface area contributed by atoms with Crippen molar-refractivity contribution in [2.75, 3.05) is 4.90 Å². The number of benzene rings is 1. The van der Waals surface area contributed by atoms with Gasteiger partial charge in [-0.25, -0.2) is 0 Å². The molecular weight excluding hydrogens is 299 g/mol. The Labute approximate surface area is 134 Å². The summed E-state index contributed by atoms with van der Waals surface area (Å²) in [6, 6.07) is 7.92. The van der Waals surface area contributed by atoms with Crippen molar-refractivity contribution in [1.29, 1.82) is 0 Å². The molecule has 0 saturated heterocycles. The van der Waals surface area contributed by atoms with E-state index in [1.54, 1.807) is 12.2 Å². The van der Waals surface area contributed by atoms with E-state index < -0.39 is 18.5 Å². The average Bonchev–Trinajstić information content (AvgIpc) is 2.42. The number of halogens is 3. The molecule has 1 unspecified atom stereocenters. The Bertz CT molecular complexity index is 718. The fraction of sp³-hybridized carbons (Fsp3) is 0.316. The van der Waals surface area contributed by atoms with Gasteiger partial charge in [0.15, 0.2) is 0 Å². The molecule has 0 spiro atoms. The molecule has 0 radical (unpaired) electrons. The van der Waals surface area contributed by atoms with Crippen molar-refractivity contribution < 1.29 is 13.2 Å². The minimum Gasteiger partial charge on any atom is -0.310 e. The molecule has 2 aliphatic carbocycles. The molecular formula is C19H18F3N. The molecule has 0 aromatic heterocycles. The maximum atomic E-state index is 12.7. The summed E-state index contributed by atoms with van der Waals surface area (Å²) in [6.45, 7) is 2.01. The second-order valence-corrected chi connectivity index (χ2v) is 5.95. The molecule has 3 rings (SSSR count). The van der Waals surface area contributed by atoms with Gasteiger partial charge in [0.2, 0.25) is 0 Å². The van der Waals surface area contributed by atoms with Crippen LogP contribution in [0.15, 0.2) is 65.7 Å². The van der Waals surface area contributed by atoms with Crippen LogP contribution in [0.25, 0.3) is 0 Å². The molecule has 0 aliphatic heterocycles. The molecule has 0 amide bonds. The maximum Gasteiger partial charge on any atom is 0.389 e. The van der Waals surface area contributed by atoms with Gasteiger partial charge in [0.1, 0.15) is 0 Å². The van der Waals surface area contributed by atoms with E-state index in [0.29, 0.717) is 6.42 Å². The summed E-state index contributed by atoms with van der Waals surface area (Å²) in [4.78, 5) is 2.06. The first-order valence-corrected chi connectivity index (χ1v) is 7.68.